The summed E-state index contributed by atoms with van der Waals surface area (Å²) in [5.74, 6) is 1.04. The molecule has 4 nitrogen and oxygen atoms in total. The van der Waals surface area contributed by atoms with Crippen LogP contribution in [0.4, 0.5) is 0 Å². The molecule has 0 saturated heterocycles. The second-order valence-corrected chi connectivity index (χ2v) is 6.11. The number of unbranched alkanes of at least 4 members (excludes halogenated alkanes) is 1. The van der Waals surface area contributed by atoms with Gasteiger partial charge in [0.05, 0.1) is 6.07 Å². The number of nitrogens with one attached hydrogen (secondary N) is 1. The van der Waals surface area contributed by atoms with Gasteiger partial charge in [0.2, 0.25) is 0 Å². The predicted octanol–water partition coefficient (Wildman–Crippen LogP) is 2.69. The van der Waals surface area contributed by atoms with Gasteiger partial charge in [0, 0.05) is 5.75 Å². The van der Waals surface area contributed by atoms with Crippen LogP contribution >= 0.6 is 23.3 Å². The van der Waals surface area contributed by atoms with Crippen molar-refractivity contribution >= 4 is 23.3 Å². The molecule has 1 unspecified atom stereocenters. The molecule has 17 heavy (non-hydrogen) atoms. The molecule has 0 aromatic carbocycles. The zero-order chi connectivity index (χ0) is 12.6. The molecule has 6 heteroatoms. The highest BCUT2D eigenvalue weighted by atomic mass is 32.2. The summed E-state index contributed by atoms with van der Waals surface area (Å²) in [5.41, 5.74) is -0.373. The van der Waals surface area contributed by atoms with Crippen molar-refractivity contribution in [3.8, 4) is 6.07 Å². The minimum atomic E-state index is -0.373. The van der Waals surface area contributed by atoms with Gasteiger partial charge in [0.15, 0.2) is 4.34 Å². The highest BCUT2D eigenvalue weighted by Gasteiger charge is 2.20. The Morgan fingerprint density at radius 3 is 3.00 bits per heavy atom. The zero-order valence-corrected chi connectivity index (χ0v) is 11.9. The summed E-state index contributed by atoms with van der Waals surface area (Å²) in [6.45, 7) is 4.83. The number of aromatic nitrogens is 2. The van der Waals surface area contributed by atoms with Crippen molar-refractivity contribution in [1.29, 1.82) is 5.26 Å². The molecular formula is C11H18N4S2. The van der Waals surface area contributed by atoms with Crippen molar-refractivity contribution < 1.29 is 0 Å². The summed E-state index contributed by atoms with van der Waals surface area (Å²) in [7, 11) is 0. The predicted molar refractivity (Wildman–Crippen MR) is 72.2 cm³/mol. The van der Waals surface area contributed by atoms with Crippen LogP contribution in [0.25, 0.3) is 0 Å². The minimum Gasteiger partial charge on any atom is -0.300 e. The molecule has 0 aliphatic rings. The van der Waals surface area contributed by atoms with E-state index in [4.69, 9.17) is 5.26 Å². The van der Waals surface area contributed by atoms with Gasteiger partial charge in [-0.1, -0.05) is 18.7 Å². The molecule has 0 radical (unpaired) electrons. The van der Waals surface area contributed by atoms with Gasteiger partial charge in [0.1, 0.15) is 11.9 Å². The average Bonchev–Trinajstić information content (AvgIpc) is 2.82. The Kier molecular flexibility index (Phi) is 6.48. The van der Waals surface area contributed by atoms with Gasteiger partial charge in [-0.2, -0.15) is 9.64 Å². The van der Waals surface area contributed by atoms with Crippen LogP contribution in [0.5, 0.6) is 0 Å². The molecule has 0 aliphatic carbocycles. The Bertz CT molecular complexity index is 347. The molecule has 1 aromatic rings. The van der Waals surface area contributed by atoms with Crippen molar-refractivity contribution in [2.45, 2.75) is 43.0 Å². The van der Waals surface area contributed by atoms with Crippen molar-refractivity contribution in [3.05, 3.63) is 6.33 Å². The van der Waals surface area contributed by atoms with Gasteiger partial charge in [-0.25, -0.2) is 4.98 Å². The van der Waals surface area contributed by atoms with Crippen LogP contribution in [-0.4, -0.2) is 27.2 Å². The van der Waals surface area contributed by atoms with Crippen molar-refractivity contribution in [2.75, 3.05) is 12.3 Å². The van der Waals surface area contributed by atoms with E-state index < -0.39 is 0 Å². The lowest BCUT2D eigenvalue weighted by atomic mass is 9.97. The third-order valence-electron chi connectivity index (χ3n) is 2.45. The molecule has 0 saturated carbocycles. The molecule has 1 heterocycles. The maximum Gasteiger partial charge on any atom is 0.169 e. The number of nitriles is 1. The third-order valence-corrected chi connectivity index (χ3v) is 4.34. The number of rotatable bonds is 8. The minimum absolute atomic E-state index is 0.373. The van der Waals surface area contributed by atoms with Crippen LogP contribution in [0.15, 0.2) is 10.7 Å². The molecular weight excluding hydrogens is 252 g/mol. The molecule has 1 N–H and O–H groups in total. The molecule has 1 atom stereocenters. The first kappa shape index (κ1) is 14.4. The number of nitrogens with zero attached hydrogens (tertiary/aromatic N) is 3. The molecule has 0 fully saturated rings. The van der Waals surface area contributed by atoms with E-state index in [1.54, 1.807) is 18.1 Å². The van der Waals surface area contributed by atoms with Gasteiger partial charge in [-0.3, -0.25) is 5.32 Å². The molecule has 0 spiro atoms. The maximum absolute atomic E-state index is 9.09. The largest absolute Gasteiger partial charge is 0.300 e. The van der Waals surface area contributed by atoms with Crippen LogP contribution in [0.2, 0.25) is 0 Å². The first-order valence-electron chi connectivity index (χ1n) is 5.76. The molecule has 0 bridgehead atoms. The molecule has 1 rings (SSSR count). The topological polar surface area (TPSA) is 61.6 Å². The highest BCUT2D eigenvalue weighted by molar-refractivity contribution is 8.00. The fraction of sp³-hybridized carbons (Fsp3) is 0.727. The Hall–Kier alpha value is -0.640. The van der Waals surface area contributed by atoms with E-state index in [9.17, 15) is 0 Å². The van der Waals surface area contributed by atoms with E-state index in [0.717, 1.165) is 35.9 Å². The van der Waals surface area contributed by atoms with Crippen LogP contribution in [0.3, 0.4) is 0 Å². The number of hydrogen-bond acceptors (Lipinski definition) is 6. The molecule has 0 aliphatic heterocycles. The Morgan fingerprint density at radius 1 is 1.59 bits per heavy atom. The summed E-state index contributed by atoms with van der Waals surface area (Å²) >= 11 is 3.18. The van der Waals surface area contributed by atoms with Crippen LogP contribution < -0.4 is 5.32 Å². The van der Waals surface area contributed by atoms with Gasteiger partial charge in [0.25, 0.3) is 0 Å². The second kappa shape index (κ2) is 7.64. The summed E-state index contributed by atoms with van der Waals surface area (Å²) in [4.78, 5) is 4.11. The fourth-order valence-corrected chi connectivity index (χ4v) is 3.05. The van der Waals surface area contributed by atoms with E-state index in [2.05, 4.69) is 20.7 Å². The average molecular weight is 270 g/mol. The van der Waals surface area contributed by atoms with Gasteiger partial charge < -0.3 is 0 Å². The van der Waals surface area contributed by atoms with Crippen molar-refractivity contribution in [3.63, 3.8) is 0 Å². The summed E-state index contributed by atoms with van der Waals surface area (Å²) in [6.07, 6.45) is 4.65. The van der Waals surface area contributed by atoms with E-state index in [-0.39, 0.29) is 5.54 Å². The maximum atomic E-state index is 9.09. The normalized spacial score (nSPS) is 14.2. The second-order valence-electron chi connectivity index (χ2n) is 3.99. The molecule has 1 aromatic heterocycles. The smallest absolute Gasteiger partial charge is 0.169 e. The van der Waals surface area contributed by atoms with Crippen LogP contribution in [0.1, 0.15) is 33.1 Å². The highest BCUT2D eigenvalue weighted by Crippen LogP contribution is 2.21. The third kappa shape index (κ3) is 5.48. The van der Waals surface area contributed by atoms with E-state index >= 15 is 0 Å². The van der Waals surface area contributed by atoms with Crippen molar-refractivity contribution in [1.82, 2.24) is 14.7 Å². The zero-order valence-electron chi connectivity index (χ0n) is 10.3. The van der Waals surface area contributed by atoms with Crippen molar-refractivity contribution in [2.24, 2.45) is 0 Å². The number of hydrogen-bond donors (Lipinski definition) is 1. The first-order chi connectivity index (χ1) is 8.20. The fourth-order valence-electron chi connectivity index (χ4n) is 1.54. The molecule has 0 amide bonds. The first-order valence-corrected chi connectivity index (χ1v) is 7.52. The Labute approximate surface area is 111 Å². The summed E-state index contributed by atoms with van der Waals surface area (Å²) < 4.78 is 4.98. The Morgan fingerprint density at radius 2 is 2.41 bits per heavy atom. The molecule has 94 valence electrons. The summed E-state index contributed by atoms with van der Waals surface area (Å²) in [5, 5.41) is 12.3. The van der Waals surface area contributed by atoms with E-state index in [1.165, 1.54) is 11.5 Å². The van der Waals surface area contributed by atoms with Gasteiger partial charge in [-0.05, 0) is 44.3 Å². The lowest BCUT2D eigenvalue weighted by Gasteiger charge is -2.22. The lowest BCUT2D eigenvalue weighted by molar-refractivity contribution is 0.415. The Balaban J connectivity index is 2.13. The monoisotopic (exact) mass is 270 g/mol. The lowest BCUT2D eigenvalue weighted by Crippen LogP contribution is -2.40. The number of thioether (sulfide) groups is 1. The standard InChI is InChI=1S/C11H18N4S2/c1-3-14-11(2,8-12)6-4-5-7-16-10-13-9-15-17-10/h9,14H,3-7H2,1-2H3. The summed E-state index contributed by atoms with van der Waals surface area (Å²) in [6, 6.07) is 2.35. The van der Waals surface area contributed by atoms with E-state index in [0.29, 0.717) is 0 Å². The SMILES string of the molecule is CCNC(C)(C#N)CCCCSc1ncns1. The van der Waals surface area contributed by atoms with E-state index in [1.807, 2.05) is 13.8 Å². The van der Waals surface area contributed by atoms with Gasteiger partial charge in [-0.15, -0.1) is 0 Å². The van der Waals surface area contributed by atoms with Crippen LogP contribution in [0, 0.1) is 11.3 Å². The van der Waals surface area contributed by atoms with Crippen LogP contribution in [-0.2, 0) is 0 Å². The van der Waals surface area contributed by atoms with Gasteiger partial charge >= 0.3 is 0 Å². The quantitative estimate of drug-likeness (QED) is 0.581.